The van der Waals surface area contributed by atoms with Crippen LogP contribution in [-0.2, 0) is 6.42 Å². The molecule has 0 radical (unpaired) electrons. The monoisotopic (exact) mass is 328 g/mol. The lowest BCUT2D eigenvalue weighted by Crippen LogP contribution is -2.42. The van der Waals surface area contributed by atoms with E-state index < -0.39 is 4.92 Å². The van der Waals surface area contributed by atoms with Gasteiger partial charge in [0.25, 0.3) is 11.6 Å². The van der Waals surface area contributed by atoms with E-state index in [9.17, 15) is 19.3 Å². The number of rotatable bonds is 2. The number of nitro benzene ring substituents is 1. The summed E-state index contributed by atoms with van der Waals surface area (Å²) < 4.78 is 13.5. The topological polar surface area (TPSA) is 63.5 Å². The zero-order valence-corrected chi connectivity index (χ0v) is 13.5. The van der Waals surface area contributed by atoms with Gasteiger partial charge >= 0.3 is 0 Å². The van der Waals surface area contributed by atoms with Gasteiger partial charge in [0, 0.05) is 28.9 Å². The molecule has 1 heterocycles. The number of benzene rings is 2. The highest BCUT2D eigenvalue weighted by molar-refractivity contribution is 6.08. The molecule has 1 unspecified atom stereocenters. The molecule has 24 heavy (non-hydrogen) atoms. The molecule has 0 N–H and O–H groups in total. The smallest absolute Gasteiger partial charge is 0.273 e. The average molecular weight is 328 g/mol. The SMILES string of the molecule is Cc1c(C(=O)N2c3ccc(F)cc3CCC2C)cccc1[N+](=O)[O-]. The highest BCUT2D eigenvalue weighted by Gasteiger charge is 2.31. The van der Waals surface area contributed by atoms with Crippen molar-refractivity contribution < 1.29 is 14.1 Å². The van der Waals surface area contributed by atoms with Gasteiger partial charge in [-0.2, -0.15) is 0 Å². The third-order valence-electron chi connectivity index (χ3n) is 4.52. The first kappa shape index (κ1) is 16.1. The minimum Gasteiger partial charge on any atom is -0.305 e. The van der Waals surface area contributed by atoms with Crippen LogP contribution in [0.1, 0.15) is 34.8 Å². The highest BCUT2D eigenvalue weighted by atomic mass is 19.1. The van der Waals surface area contributed by atoms with Crippen LogP contribution in [0, 0.1) is 22.9 Å². The number of anilines is 1. The van der Waals surface area contributed by atoms with Gasteiger partial charge in [-0.25, -0.2) is 4.39 Å². The molecule has 2 aromatic rings. The Morgan fingerprint density at radius 2 is 2.08 bits per heavy atom. The van der Waals surface area contributed by atoms with Crippen molar-refractivity contribution in [2.75, 3.05) is 4.90 Å². The van der Waals surface area contributed by atoms with E-state index in [0.717, 1.165) is 12.0 Å². The van der Waals surface area contributed by atoms with Crippen LogP contribution < -0.4 is 4.90 Å². The van der Waals surface area contributed by atoms with Crippen LogP contribution in [-0.4, -0.2) is 16.9 Å². The molecule has 0 aromatic heterocycles. The maximum atomic E-state index is 13.5. The second-order valence-electron chi connectivity index (χ2n) is 6.04. The van der Waals surface area contributed by atoms with Crippen molar-refractivity contribution >= 4 is 17.3 Å². The first-order valence-electron chi connectivity index (χ1n) is 7.76. The minimum atomic E-state index is -0.491. The summed E-state index contributed by atoms with van der Waals surface area (Å²) in [6.07, 6.45) is 1.42. The fourth-order valence-corrected chi connectivity index (χ4v) is 3.21. The van der Waals surface area contributed by atoms with Crippen molar-refractivity contribution in [1.29, 1.82) is 0 Å². The van der Waals surface area contributed by atoms with Crippen molar-refractivity contribution in [1.82, 2.24) is 0 Å². The van der Waals surface area contributed by atoms with Crippen LogP contribution >= 0.6 is 0 Å². The maximum absolute atomic E-state index is 13.5. The van der Waals surface area contributed by atoms with Crippen LogP contribution in [0.15, 0.2) is 36.4 Å². The van der Waals surface area contributed by atoms with Crippen molar-refractivity contribution in [3.63, 3.8) is 0 Å². The fraction of sp³-hybridized carbons (Fsp3) is 0.278. The molecule has 0 spiro atoms. The van der Waals surface area contributed by atoms with Gasteiger partial charge in [0.1, 0.15) is 5.82 Å². The number of nitro groups is 1. The Hall–Kier alpha value is -2.76. The molecule has 5 nitrogen and oxygen atoms in total. The van der Waals surface area contributed by atoms with Gasteiger partial charge in [-0.3, -0.25) is 14.9 Å². The summed E-state index contributed by atoms with van der Waals surface area (Å²) in [6, 6.07) is 8.81. The van der Waals surface area contributed by atoms with Gasteiger partial charge in [-0.1, -0.05) is 6.07 Å². The molecule has 0 bridgehead atoms. The van der Waals surface area contributed by atoms with E-state index in [0.29, 0.717) is 23.2 Å². The normalized spacial score (nSPS) is 16.6. The molecule has 0 fully saturated rings. The molecule has 3 rings (SSSR count). The number of hydrogen-bond acceptors (Lipinski definition) is 3. The molecule has 0 aliphatic carbocycles. The summed E-state index contributed by atoms with van der Waals surface area (Å²) in [5.74, 6) is -0.626. The van der Waals surface area contributed by atoms with Crippen LogP contribution in [0.25, 0.3) is 0 Å². The molecular weight excluding hydrogens is 311 g/mol. The van der Waals surface area contributed by atoms with E-state index in [1.165, 1.54) is 24.3 Å². The quantitative estimate of drug-likeness (QED) is 0.618. The van der Waals surface area contributed by atoms with Crippen LogP contribution in [0.4, 0.5) is 15.8 Å². The molecule has 6 heteroatoms. The van der Waals surface area contributed by atoms with E-state index >= 15 is 0 Å². The predicted molar refractivity (Wildman–Crippen MR) is 88.8 cm³/mol. The summed E-state index contributed by atoms with van der Waals surface area (Å²) in [4.78, 5) is 25.3. The van der Waals surface area contributed by atoms with Crippen molar-refractivity contribution in [2.24, 2.45) is 0 Å². The summed E-state index contributed by atoms with van der Waals surface area (Å²) in [5.41, 5.74) is 2.02. The summed E-state index contributed by atoms with van der Waals surface area (Å²) >= 11 is 0. The van der Waals surface area contributed by atoms with Crippen molar-refractivity contribution in [3.05, 3.63) is 69.0 Å². The number of aryl methyl sites for hydroxylation is 1. The lowest BCUT2D eigenvalue weighted by molar-refractivity contribution is -0.385. The van der Waals surface area contributed by atoms with E-state index in [2.05, 4.69) is 0 Å². The molecule has 124 valence electrons. The van der Waals surface area contributed by atoms with Gasteiger partial charge in [-0.15, -0.1) is 0 Å². The average Bonchev–Trinajstić information content (AvgIpc) is 2.54. The van der Waals surface area contributed by atoms with Gasteiger partial charge in [-0.05, 0) is 56.5 Å². The van der Waals surface area contributed by atoms with E-state index in [4.69, 9.17) is 0 Å². The molecular formula is C18H17FN2O3. The Morgan fingerprint density at radius 3 is 2.79 bits per heavy atom. The molecule has 1 aliphatic heterocycles. The summed E-state index contributed by atoms with van der Waals surface area (Å²) in [5, 5.41) is 11.1. The predicted octanol–water partition coefficient (Wildman–Crippen LogP) is 4.02. The third-order valence-corrected chi connectivity index (χ3v) is 4.52. The molecule has 1 amide bonds. The molecule has 0 saturated carbocycles. The number of amides is 1. The van der Waals surface area contributed by atoms with Crippen LogP contribution in [0.5, 0.6) is 0 Å². The van der Waals surface area contributed by atoms with Gasteiger partial charge in [0.05, 0.1) is 4.92 Å². The van der Waals surface area contributed by atoms with Crippen LogP contribution in [0.2, 0.25) is 0 Å². The number of carbonyl (C=O) groups is 1. The maximum Gasteiger partial charge on any atom is 0.273 e. The number of hydrogen-bond donors (Lipinski definition) is 0. The second kappa shape index (κ2) is 6.03. The Balaban J connectivity index is 2.08. The highest BCUT2D eigenvalue weighted by Crippen LogP contribution is 2.33. The lowest BCUT2D eigenvalue weighted by atomic mass is 9.94. The summed E-state index contributed by atoms with van der Waals surface area (Å²) in [7, 11) is 0. The molecule has 1 aliphatic rings. The Labute approximate surface area is 138 Å². The molecule has 0 saturated heterocycles. The van der Waals surface area contributed by atoms with Crippen molar-refractivity contribution in [3.8, 4) is 0 Å². The Morgan fingerprint density at radius 1 is 1.33 bits per heavy atom. The summed E-state index contributed by atoms with van der Waals surface area (Å²) in [6.45, 7) is 3.50. The zero-order valence-electron chi connectivity index (χ0n) is 13.5. The third kappa shape index (κ3) is 2.64. The van der Waals surface area contributed by atoms with E-state index in [1.807, 2.05) is 6.92 Å². The fourth-order valence-electron chi connectivity index (χ4n) is 3.21. The first-order valence-corrected chi connectivity index (χ1v) is 7.76. The Bertz CT molecular complexity index is 835. The second-order valence-corrected chi connectivity index (χ2v) is 6.04. The molecule has 2 aromatic carbocycles. The minimum absolute atomic E-state index is 0.0610. The molecule has 1 atom stereocenters. The zero-order chi connectivity index (χ0) is 17.4. The first-order chi connectivity index (χ1) is 11.4. The standard InChI is InChI=1S/C18H17FN2O3/c1-11-6-7-13-10-14(19)8-9-17(13)20(11)18(22)15-4-3-5-16(12(15)2)21(23)24/h3-5,8-11H,6-7H2,1-2H3. The number of nitrogens with zero attached hydrogens (tertiary/aromatic N) is 2. The number of carbonyl (C=O) groups excluding carboxylic acids is 1. The van der Waals surface area contributed by atoms with E-state index in [1.54, 1.807) is 24.0 Å². The lowest BCUT2D eigenvalue weighted by Gasteiger charge is -2.35. The van der Waals surface area contributed by atoms with Gasteiger partial charge in [0.15, 0.2) is 0 Å². The van der Waals surface area contributed by atoms with Gasteiger partial charge in [0.2, 0.25) is 0 Å². The largest absolute Gasteiger partial charge is 0.305 e. The number of halogens is 1. The van der Waals surface area contributed by atoms with Gasteiger partial charge < -0.3 is 4.90 Å². The Kier molecular flexibility index (Phi) is 4.05. The van der Waals surface area contributed by atoms with E-state index in [-0.39, 0.29) is 23.5 Å². The van der Waals surface area contributed by atoms with Crippen molar-refractivity contribution in [2.45, 2.75) is 32.7 Å². The van der Waals surface area contributed by atoms with Crippen LogP contribution in [0.3, 0.4) is 0 Å². The number of fused-ring (bicyclic) bond motifs is 1.